The van der Waals surface area contributed by atoms with E-state index in [1.54, 1.807) is 0 Å². The van der Waals surface area contributed by atoms with Gasteiger partial charge in [0.05, 0.1) is 22.1 Å². The molecule has 0 saturated heterocycles. The maximum atomic E-state index is 12.1. The van der Waals surface area contributed by atoms with Crippen molar-refractivity contribution in [2.45, 2.75) is 77.0 Å². The van der Waals surface area contributed by atoms with E-state index < -0.39 is 10.1 Å². The van der Waals surface area contributed by atoms with Gasteiger partial charge in [-0.15, -0.1) is 6.42 Å². The molecule has 0 radical (unpaired) electrons. The Kier molecular flexibility index (Phi) is 12.5. The van der Waals surface area contributed by atoms with Crippen molar-refractivity contribution in [2.24, 2.45) is 0 Å². The zero-order chi connectivity index (χ0) is 39.9. The molecule has 0 fully saturated rings. The molecule has 0 aliphatic carbocycles. The van der Waals surface area contributed by atoms with Gasteiger partial charge in [0.15, 0.2) is 5.71 Å². The molecule has 1 N–H and O–H groups in total. The van der Waals surface area contributed by atoms with Crippen LogP contribution in [0.1, 0.15) is 77.3 Å². The number of hydrogen-bond donors (Lipinski definition) is 1. The van der Waals surface area contributed by atoms with Crippen LogP contribution in [0.4, 0.5) is 11.4 Å². The highest BCUT2D eigenvalue weighted by atomic mass is 32.2. The monoisotopic (exact) mass is 767 g/mol. The molecule has 0 spiro atoms. The first-order valence-electron chi connectivity index (χ1n) is 19.7. The van der Waals surface area contributed by atoms with Crippen molar-refractivity contribution in [3.63, 3.8) is 0 Å². The summed E-state index contributed by atoms with van der Waals surface area (Å²) in [6.45, 7) is 10.8. The van der Waals surface area contributed by atoms with E-state index in [4.69, 9.17) is 6.42 Å². The summed E-state index contributed by atoms with van der Waals surface area (Å²) in [4.78, 5) is 14.3. The summed E-state index contributed by atoms with van der Waals surface area (Å²) >= 11 is 0. The average Bonchev–Trinajstić information content (AvgIpc) is 3.52. The van der Waals surface area contributed by atoms with Gasteiger partial charge >= 0.3 is 0 Å². The molecule has 2 heterocycles. The topological polar surface area (TPSA) is 92.6 Å². The molecule has 0 atom stereocenters. The maximum Gasteiger partial charge on any atom is 0.220 e. The second kappa shape index (κ2) is 17.3. The van der Waals surface area contributed by atoms with Gasteiger partial charge in [0.2, 0.25) is 11.6 Å². The van der Waals surface area contributed by atoms with Crippen LogP contribution in [0, 0.1) is 12.3 Å². The SMILES string of the molecule is C#CCNC(=O)CCCCC[N+]1=C(/C=C/C=C/C=C/C=C2\N(CCCCS(=O)(=O)[O-])c3ccc4ccccc4c3C2(C)C)C(C)(C)c2c1ccc1ccccc21. The number of unbranched alkanes of at least 4 members (excludes halogenated alkanes) is 3. The van der Waals surface area contributed by atoms with Crippen LogP contribution in [0.5, 0.6) is 0 Å². The van der Waals surface area contributed by atoms with E-state index in [1.807, 2.05) is 12.2 Å². The summed E-state index contributed by atoms with van der Waals surface area (Å²) in [5, 5.41) is 7.65. The Morgan fingerprint density at radius 2 is 1.46 bits per heavy atom. The molecule has 8 heteroatoms. The second-order valence-corrected chi connectivity index (χ2v) is 17.3. The fourth-order valence-corrected chi connectivity index (χ4v) is 9.12. The molecule has 7 nitrogen and oxygen atoms in total. The predicted molar refractivity (Wildman–Crippen MR) is 231 cm³/mol. The van der Waals surface area contributed by atoms with Gasteiger partial charge in [0.25, 0.3) is 0 Å². The van der Waals surface area contributed by atoms with Gasteiger partial charge < -0.3 is 14.8 Å². The highest BCUT2D eigenvalue weighted by molar-refractivity contribution is 7.85. The highest BCUT2D eigenvalue weighted by Gasteiger charge is 2.45. The molecule has 0 saturated carbocycles. The predicted octanol–water partition coefficient (Wildman–Crippen LogP) is 9.35. The van der Waals surface area contributed by atoms with Crippen LogP contribution >= 0.6 is 0 Å². The minimum Gasteiger partial charge on any atom is -0.748 e. The number of fused-ring (bicyclic) bond motifs is 6. The van der Waals surface area contributed by atoms with Gasteiger partial charge in [-0.05, 0) is 84.8 Å². The largest absolute Gasteiger partial charge is 0.748 e. The summed E-state index contributed by atoms with van der Waals surface area (Å²) in [5.74, 6) is 2.11. The van der Waals surface area contributed by atoms with Crippen molar-refractivity contribution in [2.75, 3.05) is 30.3 Å². The number of carbonyl (C=O) groups is 1. The molecule has 56 heavy (non-hydrogen) atoms. The number of amides is 1. The molecule has 6 rings (SSSR count). The molecule has 4 aromatic rings. The van der Waals surface area contributed by atoms with Crippen molar-refractivity contribution in [3.8, 4) is 12.3 Å². The van der Waals surface area contributed by atoms with Gasteiger partial charge in [-0.1, -0.05) is 105 Å². The lowest BCUT2D eigenvalue weighted by Crippen LogP contribution is -2.28. The fraction of sp³-hybridized carbons (Fsp3) is 0.333. The molecule has 2 aliphatic heterocycles. The quantitative estimate of drug-likeness (QED) is 0.0404. The number of allylic oxidation sites excluding steroid dienone is 8. The van der Waals surface area contributed by atoms with Gasteiger partial charge in [0, 0.05) is 59.6 Å². The minimum atomic E-state index is -4.25. The van der Waals surface area contributed by atoms with Crippen molar-refractivity contribution in [1.29, 1.82) is 0 Å². The summed E-state index contributed by atoms with van der Waals surface area (Å²) in [6.07, 6.45) is 24.1. The fourth-order valence-electron chi connectivity index (χ4n) is 8.56. The van der Waals surface area contributed by atoms with Crippen LogP contribution < -0.4 is 10.2 Å². The second-order valence-electron chi connectivity index (χ2n) is 15.7. The Bertz CT molecular complexity index is 2430. The van der Waals surface area contributed by atoms with Gasteiger partial charge in [0.1, 0.15) is 6.54 Å². The Morgan fingerprint density at radius 1 is 0.804 bits per heavy atom. The first-order valence-corrected chi connectivity index (χ1v) is 21.2. The lowest BCUT2D eigenvalue weighted by Gasteiger charge is -2.27. The van der Waals surface area contributed by atoms with Crippen molar-refractivity contribution >= 4 is 54.7 Å². The molecule has 0 aromatic heterocycles. The molecular weight excluding hydrogens is 715 g/mol. The number of carbonyl (C=O) groups excluding carboxylic acids is 1. The summed E-state index contributed by atoms with van der Waals surface area (Å²) in [5.41, 5.74) is 6.81. The first-order chi connectivity index (χ1) is 26.8. The standard InChI is InChI=1S/C48H53N3O4S/c1-6-32-49-44(52)27-13-10-18-33-50-40-30-28-36-21-14-16-23-38(36)45(40)47(2,3)42(50)25-11-8-7-9-12-26-43-48(4,5)46-39-24-17-15-22-37(39)29-31-41(46)51(43)34-19-20-35-56(53,54)55/h1,7-9,11-12,14-17,21-26,28-31H,10,13,18-20,27,32-35H2,2-5H3,(H-,49,52,53,54,55). The number of nitrogens with zero attached hydrogens (tertiary/aromatic N) is 2. The molecule has 1 amide bonds. The van der Waals surface area contributed by atoms with E-state index in [0.717, 1.165) is 37.2 Å². The van der Waals surface area contributed by atoms with Crippen LogP contribution in [0.2, 0.25) is 0 Å². The number of nitrogens with one attached hydrogen (secondary N) is 1. The molecule has 2 aliphatic rings. The third-order valence-corrected chi connectivity index (χ3v) is 11.9. The number of rotatable bonds is 16. The Labute approximate surface area is 333 Å². The van der Waals surface area contributed by atoms with E-state index in [0.29, 0.717) is 25.8 Å². The Hall–Kier alpha value is -5.23. The molecular formula is C48H53N3O4S. The highest BCUT2D eigenvalue weighted by Crippen LogP contribution is 2.51. The van der Waals surface area contributed by atoms with Crippen LogP contribution in [0.3, 0.4) is 0 Å². The zero-order valence-electron chi connectivity index (χ0n) is 33.1. The van der Waals surface area contributed by atoms with E-state index in [9.17, 15) is 17.8 Å². The smallest absolute Gasteiger partial charge is 0.220 e. The summed E-state index contributed by atoms with van der Waals surface area (Å²) < 4.78 is 36.3. The van der Waals surface area contributed by atoms with Crippen LogP contribution in [0.25, 0.3) is 21.5 Å². The third kappa shape index (κ3) is 8.75. The van der Waals surface area contributed by atoms with Crippen molar-refractivity contribution in [1.82, 2.24) is 5.32 Å². The maximum absolute atomic E-state index is 12.1. The summed E-state index contributed by atoms with van der Waals surface area (Å²) in [7, 11) is -4.25. The molecule has 0 bridgehead atoms. The number of hydrogen-bond acceptors (Lipinski definition) is 5. The van der Waals surface area contributed by atoms with Crippen LogP contribution in [-0.2, 0) is 25.7 Å². The van der Waals surface area contributed by atoms with E-state index in [1.165, 1.54) is 44.1 Å². The van der Waals surface area contributed by atoms with E-state index in [-0.39, 0.29) is 29.0 Å². The van der Waals surface area contributed by atoms with E-state index >= 15 is 0 Å². The number of anilines is 1. The molecule has 4 aromatic carbocycles. The Morgan fingerprint density at radius 3 is 2.18 bits per heavy atom. The molecule has 290 valence electrons. The first kappa shape index (κ1) is 40.4. The zero-order valence-corrected chi connectivity index (χ0v) is 33.9. The van der Waals surface area contributed by atoms with Crippen molar-refractivity contribution < 1.29 is 22.3 Å². The van der Waals surface area contributed by atoms with Crippen molar-refractivity contribution in [3.05, 3.63) is 132 Å². The van der Waals surface area contributed by atoms with Gasteiger partial charge in [-0.3, -0.25) is 4.79 Å². The van der Waals surface area contributed by atoms with Crippen LogP contribution in [0.15, 0.2) is 121 Å². The minimum absolute atomic E-state index is 0.00371. The number of terminal acetylenes is 1. The van der Waals surface area contributed by atoms with Crippen LogP contribution in [-0.4, -0.2) is 54.6 Å². The summed E-state index contributed by atoms with van der Waals surface area (Å²) in [6, 6.07) is 25.8. The van der Waals surface area contributed by atoms with Gasteiger partial charge in [-0.2, -0.15) is 4.58 Å². The number of benzene rings is 4. The van der Waals surface area contributed by atoms with E-state index in [2.05, 4.69) is 152 Å². The lowest BCUT2D eigenvalue weighted by atomic mass is 9.79. The lowest BCUT2D eigenvalue weighted by molar-refractivity contribution is -0.438. The average molecular weight is 768 g/mol. The third-order valence-electron chi connectivity index (χ3n) is 11.2. The normalized spacial score (nSPS) is 16.9. The molecule has 0 unspecified atom stereocenters. The van der Waals surface area contributed by atoms with Gasteiger partial charge in [-0.25, -0.2) is 8.42 Å². The Balaban J connectivity index is 1.22.